The number of hydrogen-bond donors (Lipinski definition) is 1. The van der Waals surface area contributed by atoms with Gasteiger partial charge in [-0.3, -0.25) is 0 Å². The van der Waals surface area contributed by atoms with Gasteiger partial charge in [0.15, 0.2) is 0 Å². The monoisotopic (exact) mass is 388 g/mol. The van der Waals surface area contributed by atoms with Crippen LogP contribution in [0.25, 0.3) is 0 Å². The van der Waals surface area contributed by atoms with E-state index in [1.165, 1.54) is 0 Å². The van der Waals surface area contributed by atoms with E-state index in [1.807, 2.05) is 56.0 Å². The topological polar surface area (TPSA) is 67.9 Å². The van der Waals surface area contributed by atoms with Crippen molar-refractivity contribution in [2.75, 3.05) is 19.6 Å². The predicted molar refractivity (Wildman–Crippen MR) is 107 cm³/mol. The van der Waals surface area contributed by atoms with Gasteiger partial charge in [0.25, 0.3) is 0 Å². The van der Waals surface area contributed by atoms with Crippen LogP contribution in [0.4, 0.5) is 9.59 Å². The van der Waals surface area contributed by atoms with Crippen molar-refractivity contribution in [3.8, 4) is 0 Å². The Kier molecular flexibility index (Phi) is 6.16. The molecule has 2 fully saturated rings. The minimum Gasteiger partial charge on any atom is -0.445 e. The third-order valence-corrected chi connectivity index (χ3v) is 5.67. The molecular weight excluding hydrogens is 356 g/mol. The normalized spacial score (nSPS) is 19.0. The summed E-state index contributed by atoms with van der Waals surface area (Å²) >= 11 is 0. The number of amides is 2. The number of nitrogens with one attached hydrogen (secondary N) is 1. The third kappa shape index (κ3) is 5.63. The molecule has 2 amide bonds. The van der Waals surface area contributed by atoms with E-state index in [9.17, 15) is 9.59 Å². The van der Waals surface area contributed by atoms with Crippen LogP contribution in [0.3, 0.4) is 0 Å². The molecule has 6 nitrogen and oxygen atoms in total. The number of carbonyl (C=O) groups is 2. The van der Waals surface area contributed by atoms with E-state index in [1.54, 1.807) is 0 Å². The van der Waals surface area contributed by atoms with Gasteiger partial charge in [0.05, 0.1) is 0 Å². The van der Waals surface area contributed by atoms with Crippen molar-refractivity contribution in [2.24, 2.45) is 11.3 Å². The maximum Gasteiger partial charge on any atom is 0.410 e. The van der Waals surface area contributed by atoms with E-state index in [2.05, 4.69) is 5.32 Å². The minimum atomic E-state index is -0.450. The van der Waals surface area contributed by atoms with Crippen molar-refractivity contribution in [1.82, 2.24) is 10.2 Å². The summed E-state index contributed by atoms with van der Waals surface area (Å²) in [6.07, 6.45) is 3.68. The van der Waals surface area contributed by atoms with Gasteiger partial charge in [-0.25, -0.2) is 9.59 Å². The molecule has 28 heavy (non-hydrogen) atoms. The van der Waals surface area contributed by atoms with E-state index in [-0.39, 0.29) is 12.2 Å². The molecule has 1 spiro atoms. The highest BCUT2D eigenvalue weighted by Gasteiger charge is 2.46. The summed E-state index contributed by atoms with van der Waals surface area (Å²) < 4.78 is 10.7. The molecule has 0 aromatic heterocycles. The number of ether oxygens (including phenoxy) is 2. The first kappa shape index (κ1) is 20.5. The molecule has 154 valence electrons. The van der Waals surface area contributed by atoms with Crippen LogP contribution < -0.4 is 5.32 Å². The van der Waals surface area contributed by atoms with Crippen molar-refractivity contribution in [3.05, 3.63) is 35.9 Å². The summed E-state index contributed by atoms with van der Waals surface area (Å²) in [7, 11) is 0. The maximum atomic E-state index is 12.2. The highest BCUT2D eigenvalue weighted by Crippen LogP contribution is 2.52. The van der Waals surface area contributed by atoms with Crippen molar-refractivity contribution in [2.45, 2.75) is 58.7 Å². The van der Waals surface area contributed by atoms with Gasteiger partial charge in [0.2, 0.25) is 0 Å². The zero-order valence-electron chi connectivity index (χ0n) is 17.2. The fourth-order valence-corrected chi connectivity index (χ4v) is 4.21. The highest BCUT2D eigenvalue weighted by atomic mass is 16.6. The van der Waals surface area contributed by atoms with Crippen LogP contribution in [0.2, 0.25) is 0 Å². The molecule has 0 atom stereocenters. The predicted octanol–water partition coefficient (Wildman–Crippen LogP) is 4.34. The number of rotatable bonds is 4. The smallest absolute Gasteiger partial charge is 0.410 e. The standard InChI is InChI=1S/C22H32N2O4/c1-21(2,3)28-20(26)24-11-9-22(10-12-24)13-18(14-22)15-23-19(25)27-16-17-7-5-4-6-8-17/h4-8,18H,9-16H2,1-3H3,(H,23,25). The Bertz CT molecular complexity index is 668. The third-order valence-electron chi connectivity index (χ3n) is 5.67. The van der Waals surface area contributed by atoms with E-state index >= 15 is 0 Å². The van der Waals surface area contributed by atoms with Gasteiger partial charge in [-0.05, 0) is 63.4 Å². The summed E-state index contributed by atoms with van der Waals surface area (Å²) in [6, 6.07) is 9.67. The Balaban J connectivity index is 1.32. The Labute approximate surface area is 167 Å². The van der Waals surface area contributed by atoms with Crippen LogP contribution >= 0.6 is 0 Å². The molecule has 1 aromatic carbocycles. The largest absolute Gasteiger partial charge is 0.445 e. The number of benzene rings is 1. The quantitative estimate of drug-likeness (QED) is 0.833. The Morgan fingerprint density at radius 1 is 1.14 bits per heavy atom. The number of alkyl carbamates (subject to hydrolysis) is 1. The second-order valence-corrected chi connectivity index (χ2v) is 9.18. The molecule has 1 aliphatic carbocycles. The molecule has 0 unspecified atom stereocenters. The van der Waals surface area contributed by atoms with Crippen molar-refractivity contribution < 1.29 is 19.1 Å². The lowest BCUT2D eigenvalue weighted by Crippen LogP contribution is -2.51. The summed E-state index contributed by atoms with van der Waals surface area (Å²) in [5.74, 6) is 0.498. The Morgan fingerprint density at radius 2 is 1.79 bits per heavy atom. The summed E-state index contributed by atoms with van der Waals surface area (Å²) in [5, 5.41) is 2.88. The van der Waals surface area contributed by atoms with Gasteiger partial charge >= 0.3 is 12.2 Å². The molecule has 6 heteroatoms. The molecule has 2 aliphatic rings. The first-order valence-corrected chi connectivity index (χ1v) is 10.2. The Hall–Kier alpha value is -2.24. The van der Waals surface area contributed by atoms with Crippen LogP contribution in [0.1, 0.15) is 52.0 Å². The van der Waals surface area contributed by atoms with Crippen LogP contribution in [0, 0.1) is 11.3 Å². The summed E-state index contributed by atoms with van der Waals surface area (Å²) in [4.78, 5) is 25.9. The number of nitrogens with zero attached hydrogens (tertiary/aromatic N) is 1. The lowest BCUT2D eigenvalue weighted by Gasteiger charge is -2.52. The molecule has 0 radical (unpaired) electrons. The van der Waals surface area contributed by atoms with Gasteiger partial charge in [0, 0.05) is 19.6 Å². The van der Waals surface area contributed by atoms with E-state index in [0.717, 1.165) is 44.3 Å². The first-order chi connectivity index (χ1) is 13.2. The lowest BCUT2D eigenvalue weighted by atomic mass is 9.57. The van der Waals surface area contributed by atoms with Crippen LogP contribution in [0.5, 0.6) is 0 Å². The molecule has 1 saturated heterocycles. The second kappa shape index (κ2) is 8.41. The van der Waals surface area contributed by atoms with Crippen LogP contribution in [-0.2, 0) is 16.1 Å². The molecule has 1 aliphatic heterocycles. The maximum absolute atomic E-state index is 12.2. The zero-order chi connectivity index (χ0) is 20.2. The Morgan fingerprint density at radius 3 is 2.39 bits per heavy atom. The van der Waals surface area contributed by atoms with Gasteiger partial charge in [0.1, 0.15) is 12.2 Å². The van der Waals surface area contributed by atoms with E-state index < -0.39 is 5.60 Å². The molecule has 0 bridgehead atoms. The fraction of sp³-hybridized carbons (Fsp3) is 0.636. The van der Waals surface area contributed by atoms with E-state index in [4.69, 9.17) is 9.47 Å². The van der Waals surface area contributed by atoms with Crippen molar-refractivity contribution >= 4 is 12.2 Å². The SMILES string of the molecule is CC(C)(C)OC(=O)N1CCC2(CC1)CC(CNC(=O)OCc1ccccc1)C2. The molecule has 1 aromatic rings. The second-order valence-electron chi connectivity index (χ2n) is 9.18. The number of hydrogen-bond acceptors (Lipinski definition) is 4. The number of likely N-dealkylation sites (tertiary alicyclic amines) is 1. The number of carbonyl (C=O) groups excluding carboxylic acids is 2. The van der Waals surface area contributed by atoms with Gasteiger partial charge in [-0.15, -0.1) is 0 Å². The average molecular weight is 389 g/mol. The zero-order valence-corrected chi connectivity index (χ0v) is 17.2. The van der Waals surface area contributed by atoms with Crippen molar-refractivity contribution in [1.29, 1.82) is 0 Å². The molecule has 1 saturated carbocycles. The first-order valence-electron chi connectivity index (χ1n) is 10.2. The highest BCUT2D eigenvalue weighted by molar-refractivity contribution is 5.68. The van der Waals surface area contributed by atoms with Gasteiger partial charge < -0.3 is 19.7 Å². The number of piperidine rings is 1. The summed E-state index contributed by atoms with van der Waals surface area (Å²) in [5.41, 5.74) is 0.866. The average Bonchev–Trinajstić information content (AvgIpc) is 2.62. The molecule has 1 N–H and O–H groups in total. The molecular formula is C22H32N2O4. The molecule has 3 rings (SSSR count). The van der Waals surface area contributed by atoms with E-state index in [0.29, 0.717) is 24.5 Å². The fourth-order valence-electron chi connectivity index (χ4n) is 4.21. The van der Waals surface area contributed by atoms with Crippen LogP contribution in [-0.4, -0.2) is 42.3 Å². The van der Waals surface area contributed by atoms with Gasteiger partial charge in [-0.1, -0.05) is 30.3 Å². The van der Waals surface area contributed by atoms with Crippen LogP contribution in [0.15, 0.2) is 30.3 Å². The lowest BCUT2D eigenvalue weighted by molar-refractivity contribution is -0.0268. The molecule has 1 heterocycles. The minimum absolute atomic E-state index is 0.207. The summed E-state index contributed by atoms with van der Waals surface area (Å²) in [6.45, 7) is 8.15. The van der Waals surface area contributed by atoms with Gasteiger partial charge in [-0.2, -0.15) is 0 Å². The van der Waals surface area contributed by atoms with Crippen molar-refractivity contribution in [3.63, 3.8) is 0 Å².